The van der Waals surface area contributed by atoms with Crippen LogP contribution in [0.25, 0.3) is 0 Å². The molecule has 0 amide bonds. The highest BCUT2D eigenvalue weighted by Gasteiger charge is 2.15. The van der Waals surface area contributed by atoms with E-state index >= 15 is 0 Å². The van der Waals surface area contributed by atoms with Gasteiger partial charge in [-0.3, -0.25) is 0 Å². The van der Waals surface area contributed by atoms with Gasteiger partial charge in [0.1, 0.15) is 0 Å². The van der Waals surface area contributed by atoms with Crippen molar-refractivity contribution in [2.75, 3.05) is 5.88 Å². The van der Waals surface area contributed by atoms with Gasteiger partial charge in [0.25, 0.3) is 0 Å². The molecular formula is C15H21Cl. The zero-order valence-electron chi connectivity index (χ0n) is 10.1. The molecule has 1 aliphatic rings. The molecule has 0 aliphatic heterocycles. The van der Waals surface area contributed by atoms with E-state index in [0.29, 0.717) is 17.7 Å². The molecule has 0 bridgehead atoms. The quantitative estimate of drug-likeness (QED) is 0.373. The van der Waals surface area contributed by atoms with Crippen molar-refractivity contribution in [3.8, 4) is 11.8 Å². The third-order valence-electron chi connectivity index (χ3n) is 2.84. The molecule has 2 unspecified atom stereocenters. The molecule has 16 heavy (non-hydrogen) atoms. The predicted octanol–water partition coefficient (Wildman–Crippen LogP) is 4.56. The monoisotopic (exact) mass is 236 g/mol. The summed E-state index contributed by atoms with van der Waals surface area (Å²) in [4.78, 5) is 0. The molecule has 1 heteroatoms. The van der Waals surface area contributed by atoms with Gasteiger partial charge in [0, 0.05) is 18.2 Å². The van der Waals surface area contributed by atoms with E-state index in [2.05, 4.69) is 43.1 Å². The zero-order chi connectivity index (χ0) is 11.6. The van der Waals surface area contributed by atoms with Crippen molar-refractivity contribution >= 4 is 11.6 Å². The summed E-state index contributed by atoms with van der Waals surface area (Å²) in [7, 11) is 0. The standard InChI is InChI=1S/C15H21Cl/c1-2-3-9-14-11-6-7-12-15(14)10-5-4-8-13-16/h6-7,11-12,14-15H,2-4,8-9,13H2,1H3. The summed E-state index contributed by atoms with van der Waals surface area (Å²) < 4.78 is 0. The molecule has 0 nitrogen and oxygen atoms in total. The smallest absolute Gasteiger partial charge is 0.0448 e. The van der Waals surface area contributed by atoms with Crippen molar-refractivity contribution in [2.45, 2.75) is 39.0 Å². The molecular weight excluding hydrogens is 216 g/mol. The average molecular weight is 237 g/mol. The van der Waals surface area contributed by atoms with Crippen molar-refractivity contribution in [1.29, 1.82) is 0 Å². The summed E-state index contributed by atoms with van der Waals surface area (Å²) in [6, 6.07) is 0. The lowest BCUT2D eigenvalue weighted by atomic mass is 9.85. The maximum Gasteiger partial charge on any atom is 0.0448 e. The number of unbranched alkanes of at least 4 members (excludes halogenated alkanes) is 2. The predicted molar refractivity (Wildman–Crippen MR) is 72.5 cm³/mol. The molecule has 0 N–H and O–H groups in total. The number of halogens is 1. The van der Waals surface area contributed by atoms with Crippen LogP contribution in [0.1, 0.15) is 39.0 Å². The van der Waals surface area contributed by atoms with Crippen LogP contribution in [0.5, 0.6) is 0 Å². The number of hydrogen-bond acceptors (Lipinski definition) is 0. The first-order valence-corrected chi connectivity index (χ1v) is 6.81. The van der Waals surface area contributed by atoms with Gasteiger partial charge in [-0.2, -0.15) is 0 Å². The molecule has 0 saturated carbocycles. The summed E-state index contributed by atoms with van der Waals surface area (Å²) in [5, 5.41) is 0. The van der Waals surface area contributed by atoms with Gasteiger partial charge < -0.3 is 0 Å². The van der Waals surface area contributed by atoms with E-state index < -0.39 is 0 Å². The SMILES string of the molecule is CCCCC1C=CC=CC1C#CCCCCl. The van der Waals surface area contributed by atoms with E-state index in [9.17, 15) is 0 Å². The van der Waals surface area contributed by atoms with Crippen LogP contribution in [0.2, 0.25) is 0 Å². The third-order valence-corrected chi connectivity index (χ3v) is 3.11. The van der Waals surface area contributed by atoms with Gasteiger partial charge in [-0.05, 0) is 18.8 Å². The number of alkyl halides is 1. The van der Waals surface area contributed by atoms with Crippen molar-refractivity contribution in [2.24, 2.45) is 11.8 Å². The minimum atomic E-state index is 0.423. The van der Waals surface area contributed by atoms with E-state index in [1.165, 1.54) is 19.3 Å². The Morgan fingerprint density at radius 1 is 1.19 bits per heavy atom. The van der Waals surface area contributed by atoms with Crippen molar-refractivity contribution in [1.82, 2.24) is 0 Å². The second-order valence-electron chi connectivity index (χ2n) is 4.22. The second kappa shape index (κ2) is 8.48. The fraction of sp³-hybridized carbons (Fsp3) is 0.600. The Morgan fingerprint density at radius 3 is 2.75 bits per heavy atom. The molecule has 0 aromatic rings. The summed E-state index contributed by atoms with van der Waals surface area (Å²) in [5.74, 6) is 8.37. The lowest BCUT2D eigenvalue weighted by molar-refractivity contribution is 0.496. The van der Waals surface area contributed by atoms with E-state index in [1.54, 1.807) is 0 Å². The Labute approximate surface area is 105 Å². The van der Waals surface area contributed by atoms with E-state index in [1.807, 2.05) is 0 Å². The number of allylic oxidation sites excluding steroid dienone is 4. The normalized spacial score (nSPS) is 22.9. The van der Waals surface area contributed by atoms with E-state index in [-0.39, 0.29) is 0 Å². The zero-order valence-corrected chi connectivity index (χ0v) is 10.8. The van der Waals surface area contributed by atoms with E-state index in [4.69, 9.17) is 11.6 Å². The Hall–Kier alpha value is -0.670. The van der Waals surface area contributed by atoms with Crippen LogP contribution in [-0.4, -0.2) is 5.88 Å². The molecule has 0 aromatic carbocycles. The van der Waals surface area contributed by atoms with Gasteiger partial charge in [0.05, 0.1) is 0 Å². The molecule has 0 radical (unpaired) electrons. The van der Waals surface area contributed by atoms with Crippen LogP contribution < -0.4 is 0 Å². The van der Waals surface area contributed by atoms with Gasteiger partial charge in [-0.15, -0.1) is 17.5 Å². The molecule has 1 aliphatic carbocycles. The van der Waals surface area contributed by atoms with Gasteiger partial charge in [0.15, 0.2) is 0 Å². The molecule has 0 heterocycles. The summed E-state index contributed by atoms with van der Waals surface area (Å²) in [6.45, 7) is 2.24. The molecule has 0 spiro atoms. The molecule has 1 rings (SSSR count). The minimum Gasteiger partial charge on any atom is -0.127 e. The highest BCUT2D eigenvalue weighted by atomic mass is 35.5. The molecule has 0 saturated heterocycles. The Bertz CT molecular complexity index is 290. The Kier molecular flexibility index (Phi) is 7.10. The number of rotatable bonds is 5. The largest absolute Gasteiger partial charge is 0.127 e. The highest BCUT2D eigenvalue weighted by Crippen LogP contribution is 2.24. The first kappa shape index (κ1) is 13.4. The van der Waals surface area contributed by atoms with E-state index in [0.717, 1.165) is 12.8 Å². The molecule has 0 aromatic heterocycles. The topological polar surface area (TPSA) is 0 Å². The van der Waals surface area contributed by atoms with Crippen LogP contribution in [-0.2, 0) is 0 Å². The van der Waals surface area contributed by atoms with Crippen molar-refractivity contribution < 1.29 is 0 Å². The van der Waals surface area contributed by atoms with Crippen LogP contribution in [0.3, 0.4) is 0 Å². The maximum atomic E-state index is 5.63. The average Bonchev–Trinajstić information content (AvgIpc) is 2.33. The summed E-state index contributed by atoms with van der Waals surface area (Å²) in [6.07, 6.45) is 14.5. The number of hydrogen-bond donors (Lipinski definition) is 0. The van der Waals surface area contributed by atoms with Gasteiger partial charge in [0.2, 0.25) is 0 Å². The second-order valence-corrected chi connectivity index (χ2v) is 4.59. The highest BCUT2D eigenvalue weighted by molar-refractivity contribution is 6.17. The lowest BCUT2D eigenvalue weighted by Gasteiger charge is -2.19. The Balaban J connectivity index is 2.44. The summed E-state index contributed by atoms with van der Waals surface area (Å²) >= 11 is 5.63. The first-order valence-electron chi connectivity index (χ1n) is 6.27. The lowest BCUT2D eigenvalue weighted by Crippen LogP contribution is -2.10. The van der Waals surface area contributed by atoms with Gasteiger partial charge in [-0.25, -0.2) is 0 Å². The van der Waals surface area contributed by atoms with Crippen LogP contribution >= 0.6 is 11.6 Å². The first-order chi connectivity index (χ1) is 7.88. The Morgan fingerprint density at radius 2 is 2.00 bits per heavy atom. The fourth-order valence-corrected chi connectivity index (χ4v) is 2.00. The summed E-state index contributed by atoms with van der Waals surface area (Å²) in [5.41, 5.74) is 0. The van der Waals surface area contributed by atoms with Gasteiger partial charge >= 0.3 is 0 Å². The van der Waals surface area contributed by atoms with Gasteiger partial charge in [-0.1, -0.05) is 50.0 Å². The van der Waals surface area contributed by atoms with Crippen LogP contribution in [0, 0.1) is 23.7 Å². The van der Waals surface area contributed by atoms with Crippen LogP contribution in [0.15, 0.2) is 24.3 Å². The fourth-order valence-electron chi connectivity index (χ4n) is 1.87. The molecule has 88 valence electrons. The third kappa shape index (κ3) is 4.90. The van der Waals surface area contributed by atoms with Crippen LogP contribution in [0.4, 0.5) is 0 Å². The molecule has 2 atom stereocenters. The van der Waals surface area contributed by atoms with Crippen molar-refractivity contribution in [3.05, 3.63) is 24.3 Å². The van der Waals surface area contributed by atoms with Crippen molar-refractivity contribution in [3.63, 3.8) is 0 Å². The molecule has 0 fully saturated rings. The maximum absolute atomic E-state index is 5.63. The minimum absolute atomic E-state index is 0.423.